The number of benzene rings is 17. The molecule has 17 aromatic carbocycles. The molecule has 20 heteroatoms. The molecule has 0 saturated carbocycles. The van der Waals surface area contributed by atoms with Gasteiger partial charge in [-0.15, -0.1) is 0 Å². The van der Waals surface area contributed by atoms with Crippen LogP contribution in [-0.4, -0.2) is 73.6 Å². The summed E-state index contributed by atoms with van der Waals surface area (Å²) < 4.78 is 81.7. The topological polar surface area (TPSA) is 243 Å². The average molecular weight is 1980 g/mol. The third-order valence-electron chi connectivity index (χ3n) is 26.4. The minimum absolute atomic E-state index is 0.0403. The number of aromatic hydroxyl groups is 12. The predicted octanol–water partition coefficient (Wildman–Crippen LogP) is 31.2. The van der Waals surface area contributed by atoms with Crippen LogP contribution in [-0.2, 0) is 32.5 Å². The lowest BCUT2D eigenvalue weighted by molar-refractivity contribution is -0.288. The van der Waals surface area contributed by atoms with Crippen molar-refractivity contribution in [2.75, 3.05) is 0 Å². The van der Waals surface area contributed by atoms with Crippen LogP contribution >= 0.6 is 23.2 Å². The molecule has 0 amide bonds. The van der Waals surface area contributed by atoms with Gasteiger partial charge in [0.15, 0.2) is 0 Å². The summed E-state index contributed by atoms with van der Waals surface area (Å²) in [5.74, 6) is 1.65. The molecule has 144 heavy (non-hydrogen) atoms. The van der Waals surface area contributed by atoms with E-state index in [0.717, 1.165) is 97.4 Å². The summed E-state index contributed by atoms with van der Waals surface area (Å²) in [6.07, 6.45) is -10.4. The van der Waals surface area contributed by atoms with Gasteiger partial charge in [-0.3, -0.25) is 0 Å². The first-order chi connectivity index (χ1) is 68.3. The molecule has 0 heterocycles. The summed E-state index contributed by atoms with van der Waals surface area (Å²) in [6.45, 7) is 23.6. The molecule has 0 radical (unpaired) electrons. The molecule has 0 spiro atoms. The van der Waals surface area contributed by atoms with Crippen LogP contribution in [0.3, 0.4) is 0 Å². The highest BCUT2D eigenvalue weighted by molar-refractivity contribution is 6.59. The van der Waals surface area contributed by atoms with Gasteiger partial charge in [-0.1, -0.05) is 349 Å². The number of hydrogen-bond acceptors (Lipinski definition) is 12. The van der Waals surface area contributed by atoms with Crippen molar-refractivity contribution in [3.63, 3.8) is 0 Å². The molecule has 0 aliphatic heterocycles. The number of aryl methyl sites for hydroxylation is 4. The van der Waals surface area contributed by atoms with E-state index in [1.54, 1.807) is 140 Å². The van der Waals surface area contributed by atoms with Crippen LogP contribution in [0.5, 0.6) is 69.0 Å². The Labute approximate surface area is 847 Å². The minimum Gasteiger partial charge on any atom is -0.508 e. The fourth-order valence-corrected chi connectivity index (χ4v) is 17.7. The van der Waals surface area contributed by atoms with Crippen molar-refractivity contribution in [3.05, 3.63) is 540 Å². The summed E-state index contributed by atoms with van der Waals surface area (Å²) in [6, 6.07) is 122. The first-order valence-corrected chi connectivity index (χ1v) is 47.1. The fraction of sp³-hybridized carbons (Fsp3) is 0.161. The van der Waals surface area contributed by atoms with Crippen LogP contribution in [0.25, 0.3) is 5.57 Å². The van der Waals surface area contributed by atoms with E-state index in [1.807, 2.05) is 153 Å². The summed E-state index contributed by atoms with van der Waals surface area (Å²) in [5.41, 5.74) is 14.5. The van der Waals surface area contributed by atoms with Crippen LogP contribution in [0.1, 0.15) is 172 Å². The summed E-state index contributed by atoms with van der Waals surface area (Å²) in [7, 11) is 0. The Morgan fingerprint density at radius 3 is 0.729 bits per heavy atom. The van der Waals surface area contributed by atoms with Gasteiger partial charge >= 0.3 is 12.4 Å². The first kappa shape index (κ1) is 109. The Hall–Kier alpha value is -15.8. The van der Waals surface area contributed by atoms with E-state index >= 15 is 0 Å². The third kappa shape index (κ3) is 25.8. The zero-order valence-electron chi connectivity index (χ0n) is 81.4. The maximum absolute atomic E-state index is 13.6. The molecular formula is C124H116Cl2F6O12. The molecule has 17 aromatic rings. The number of phenolic OH excluding ortho intramolecular Hbond substituents is 12. The summed E-state index contributed by atoms with van der Waals surface area (Å²) in [5, 5.41) is 113. The lowest BCUT2D eigenvalue weighted by Crippen LogP contribution is -2.54. The second kappa shape index (κ2) is 47.2. The standard InChI is InChI=1S/C25H20O2.C20H18O2.C18H22O.C16H18O2.C16H18O.C15H10F6O2.C14H10Cl2O2/c26-23-15-11-21(12-16-23)25(19-7-3-1-4-8-19,20-9-5-2-6-10-20)22-13-17-24(27)18-14-22;1-20(15-5-3-2-4-6-15,16-7-11-18(21)12-8-16)17-9-13-19(22)14-10-17;1-12-6-7-15(10-13(12)2)18(4,5)16-8-9-17(19)14(3)11-16;1-3-16(2,12-4-8-14(17)9-5-12)13-6-10-15(18)11-7-13;1-12-4-6-13(7-5-12)16(2,3)14-8-10-15(17)11-9-14;16-14(17,18)13(15(19,20)21,9-1-5-11(22)6-2-9)10-3-7-12(23)8-4-10;15-14(16)13(9-1-5-11(17)6-2-9)10-3-7-12(18)8-4-10/h1-18,26-27H;2-14,21-22H,1H3;6-11,19H,1-5H3;4-11,17-18H,3H2,1-2H3;4-11,17H,1-3H3;1-8,22-23H;1-8,17-18H. The van der Waals surface area contributed by atoms with E-state index in [0.29, 0.717) is 41.3 Å². The Morgan fingerprint density at radius 1 is 0.229 bits per heavy atom. The number of alkyl halides is 6. The Kier molecular flexibility index (Phi) is 35.6. The SMILES string of the molecule is CC(c1ccccc1)(c1ccc(O)cc1)c1ccc(O)cc1.CCC(C)(c1ccc(O)cc1)c1ccc(O)cc1.Cc1ccc(C(C)(C)c2ccc(O)c(C)c2)cc1C.Cc1ccc(C(C)(C)c2ccc(O)cc2)cc1.Oc1ccc(C(=C(Cl)Cl)c2ccc(O)cc2)cc1.Oc1ccc(C(c2ccc(O)cc2)(C(F)(F)F)C(F)(F)F)cc1.Oc1ccc(C(c2ccccc2)(c2ccccc2)c2ccc(O)cc2)cc1. The molecule has 0 bridgehead atoms. The van der Waals surface area contributed by atoms with Gasteiger partial charge in [-0.05, 0) is 292 Å². The van der Waals surface area contributed by atoms with Gasteiger partial charge in [0, 0.05) is 27.2 Å². The maximum atomic E-state index is 13.6. The van der Waals surface area contributed by atoms with Crippen molar-refractivity contribution >= 4 is 28.8 Å². The van der Waals surface area contributed by atoms with Crippen LogP contribution < -0.4 is 0 Å². The van der Waals surface area contributed by atoms with Gasteiger partial charge in [0.1, 0.15) is 73.5 Å². The van der Waals surface area contributed by atoms with E-state index < -0.39 is 45.8 Å². The molecule has 0 saturated heterocycles. The van der Waals surface area contributed by atoms with Crippen molar-refractivity contribution < 1.29 is 87.6 Å². The van der Waals surface area contributed by atoms with Crippen LogP contribution in [0.2, 0.25) is 0 Å². The maximum Gasteiger partial charge on any atom is 0.411 e. The molecule has 0 atom stereocenters. The minimum atomic E-state index is -5.70. The highest BCUT2D eigenvalue weighted by Gasteiger charge is 2.72. The monoisotopic (exact) mass is 1980 g/mol. The Bertz CT molecular complexity index is 6610. The molecule has 12 N–H and O–H groups in total. The molecule has 0 unspecified atom stereocenters. The van der Waals surface area contributed by atoms with Gasteiger partial charge in [0.05, 0.1) is 5.41 Å². The van der Waals surface area contributed by atoms with E-state index in [2.05, 4.69) is 154 Å². The van der Waals surface area contributed by atoms with Crippen molar-refractivity contribution in [1.29, 1.82) is 0 Å². The smallest absolute Gasteiger partial charge is 0.411 e. The van der Waals surface area contributed by atoms with E-state index in [-0.39, 0.29) is 72.1 Å². The van der Waals surface area contributed by atoms with Crippen LogP contribution in [0.4, 0.5) is 26.3 Å². The third-order valence-corrected chi connectivity index (χ3v) is 26.8. The van der Waals surface area contributed by atoms with Gasteiger partial charge < -0.3 is 61.3 Å². The molecule has 0 fully saturated rings. The van der Waals surface area contributed by atoms with E-state index in [4.69, 9.17) is 33.4 Å². The van der Waals surface area contributed by atoms with Crippen molar-refractivity contribution in [3.8, 4) is 69.0 Å². The van der Waals surface area contributed by atoms with Gasteiger partial charge in [0.2, 0.25) is 5.41 Å². The molecule has 12 nitrogen and oxygen atoms in total. The van der Waals surface area contributed by atoms with Gasteiger partial charge in [0.25, 0.3) is 0 Å². The highest BCUT2D eigenvalue weighted by Crippen LogP contribution is 2.57. The molecule has 0 aliphatic carbocycles. The van der Waals surface area contributed by atoms with Crippen LogP contribution in [0, 0.1) is 27.7 Å². The molecular weight excluding hydrogens is 1870 g/mol. The lowest BCUT2D eigenvalue weighted by Gasteiger charge is -2.38. The van der Waals surface area contributed by atoms with Crippen molar-refractivity contribution in [1.82, 2.24) is 0 Å². The second-order valence-electron chi connectivity index (χ2n) is 36.5. The number of halogens is 8. The molecule has 0 aromatic heterocycles. The van der Waals surface area contributed by atoms with Gasteiger partial charge in [-0.25, -0.2) is 0 Å². The van der Waals surface area contributed by atoms with E-state index in [1.165, 1.54) is 38.9 Å². The predicted molar refractivity (Wildman–Crippen MR) is 565 cm³/mol. The Morgan fingerprint density at radius 2 is 0.451 bits per heavy atom. The molecule has 740 valence electrons. The van der Waals surface area contributed by atoms with Crippen molar-refractivity contribution in [2.24, 2.45) is 0 Å². The number of hydrogen-bond donors (Lipinski definition) is 12. The second-order valence-corrected chi connectivity index (χ2v) is 37.4. The van der Waals surface area contributed by atoms with Crippen molar-refractivity contribution in [2.45, 2.75) is 127 Å². The quantitative estimate of drug-likeness (QED) is 0.0284. The van der Waals surface area contributed by atoms with Crippen LogP contribution in [0.15, 0.2) is 423 Å². The highest BCUT2D eigenvalue weighted by atomic mass is 35.5. The number of phenols is 12. The first-order valence-electron chi connectivity index (χ1n) is 46.3. The summed E-state index contributed by atoms with van der Waals surface area (Å²) in [4.78, 5) is 0. The normalized spacial score (nSPS) is 11.5. The fourth-order valence-electron chi connectivity index (χ4n) is 17.3. The van der Waals surface area contributed by atoms with Gasteiger partial charge in [-0.2, -0.15) is 26.3 Å². The zero-order chi connectivity index (χ0) is 105. The lowest BCUT2D eigenvalue weighted by atomic mass is 9.65. The zero-order valence-corrected chi connectivity index (χ0v) is 82.9. The number of rotatable bonds is 18. The Balaban J connectivity index is 0.000000161. The summed E-state index contributed by atoms with van der Waals surface area (Å²) >= 11 is 11.8. The molecule has 0 aliphatic rings. The molecule has 17 rings (SSSR count). The largest absolute Gasteiger partial charge is 0.508 e. The average Bonchev–Trinajstić information content (AvgIpc) is 0.713. The van der Waals surface area contributed by atoms with E-state index in [9.17, 15) is 77.4 Å².